The molecule has 4 fully saturated rings. The third-order valence-electron chi connectivity index (χ3n) is 15.9. The van der Waals surface area contributed by atoms with Gasteiger partial charge < -0.3 is 0 Å². The summed E-state index contributed by atoms with van der Waals surface area (Å²) in [5.41, 5.74) is -1.46. The summed E-state index contributed by atoms with van der Waals surface area (Å²) in [6, 6.07) is 19.7. The van der Waals surface area contributed by atoms with Gasteiger partial charge in [0.1, 0.15) is 0 Å². The number of hydrogen-bond acceptors (Lipinski definition) is 14. The summed E-state index contributed by atoms with van der Waals surface area (Å²) in [5, 5.41) is 30.1. The number of ether oxygens (including phenoxy) is 4. The summed E-state index contributed by atoms with van der Waals surface area (Å²) in [6.45, 7) is 12.2. The molecule has 1 saturated carbocycles. The number of likely N-dealkylation sites (tertiary alicyclic amines) is 3. The van der Waals surface area contributed by atoms with Crippen LogP contribution in [0.4, 0.5) is 0 Å². The number of hydrogen-bond donors (Lipinski definition) is 0. The van der Waals surface area contributed by atoms with Crippen molar-refractivity contribution in [1.82, 2.24) is 14.7 Å². The molecule has 6 heterocycles. The Kier molecular flexibility index (Phi) is 13.9. The quantitative estimate of drug-likeness (QED) is 0.107. The number of alkyl halides is 2. The number of benzene rings is 3. The number of phosphoric acid groups is 1. The standard InChI is InChI=1S/C55H63IN6O11P/c1-52(2)49(46(60-22-8-11-43(60)63)37-25-33(29-57)14-17-40(37)68-52)71-55(20-21-56-7)28-36(55)32-67-74(66,72-50-47(61-23-9-12-44(61)64)38-26-34(30-58)15-18-41(38)69-53(50,3)4)73-51-48(62-24-10-13-45(62)65)39-27-35(31-59)16-19-42(39)70-54(51,5)6/h14-19,25-27,36,46-51H,8-13,20-24,28,32H2,1-7H3/q-1. The van der Waals surface area contributed by atoms with Crippen LogP contribution in [0.15, 0.2) is 54.6 Å². The second-order valence-corrected chi connectivity index (χ2v) is 26.3. The molecule has 3 aromatic rings. The van der Waals surface area contributed by atoms with E-state index in [9.17, 15) is 30.2 Å². The van der Waals surface area contributed by atoms with Gasteiger partial charge in [-0.15, -0.1) is 0 Å². The van der Waals surface area contributed by atoms with Crippen molar-refractivity contribution in [2.75, 3.05) is 35.6 Å². The number of nitriles is 3. The van der Waals surface area contributed by atoms with E-state index in [0.717, 1.165) is 4.43 Å². The minimum atomic E-state index is -4.95. The van der Waals surface area contributed by atoms with Crippen molar-refractivity contribution in [2.24, 2.45) is 5.92 Å². The molecule has 0 aromatic heterocycles. The van der Waals surface area contributed by atoms with E-state index >= 15 is 4.57 Å². The molecule has 3 aromatic carbocycles. The number of carbonyl (C=O) groups is 3. The van der Waals surface area contributed by atoms with Gasteiger partial charge in [-0.1, -0.05) is 0 Å². The Labute approximate surface area is 443 Å². The molecule has 74 heavy (non-hydrogen) atoms. The van der Waals surface area contributed by atoms with Crippen molar-refractivity contribution in [2.45, 2.75) is 152 Å². The molecular weight excluding hydrogens is 1080 g/mol. The second-order valence-electron chi connectivity index (χ2n) is 22.1. The predicted molar refractivity (Wildman–Crippen MR) is 263 cm³/mol. The second kappa shape index (κ2) is 19.7. The van der Waals surface area contributed by atoms with Gasteiger partial charge in [-0.05, 0) is 37.1 Å². The molecule has 0 bridgehead atoms. The number of carbonyl (C=O) groups excluding carboxylic acids is 3. The summed E-state index contributed by atoms with van der Waals surface area (Å²) >= 11 is -0.212. The average Bonchev–Trinajstić information content (AvgIpc) is 3.70. The van der Waals surface area contributed by atoms with Crippen LogP contribution in [0.2, 0.25) is 0 Å². The van der Waals surface area contributed by atoms with E-state index in [4.69, 9.17) is 32.5 Å². The molecule has 17 nitrogen and oxygen atoms in total. The summed E-state index contributed by atoms with van der Waals surface area (Å²) in [7, 11) is -4.95. The Morgan fingerprint density at radius 1 is 0.622 bits per heavy atom. The van der Waals surface area contributed by atoms with Gasteiger partial charge in [0.25, 0.3) is 0 Å². The fourth-order valence-corrected chi connectivity index (χ4v) is 15.4. The Bertz CT molecular complexity index is 2830. The molecule has 0 spiro atoms. The van der Waals surface area contributed by atoms with Crippen LogP contribution < -0.4 is 35.4 Å². The molecule has 7 aliphatic rings. The topological polar surface area (TPSA) is 214 Å². The van der Waals surface area contributed by atoms with Crippen molar-refractivity contribution in [1.29, 1.82) is 15.8 Å². The van der Waals surface area contributed by atoms with Crippen LogP contribution in [0.25, 0.3) is 0 Å². The number of amides is 3. The zero-order chi connectivity index (χ0) is 52.5. The van der Waals surface area contributed by atoms with Crippen LogP contribution >= 0.6 is 7.82 Å². The summed E-state index contributed by atoms with van der Waals surface area (Å²) in [4.78, 5) is 48.9. The Morgan fingerprint density at radius 2 is 1.00 bits per heavy atom. The van der Waals surface area contributed by atoms with Crippen LogP contribution in [-0.4, -0.2) is 109 Å². The van der Waals surface area contributed by atoms with Crippen molar-refractivity contribution in [3.63, 3.8) is 0 Å². The van der Waals surface area contributed by atoms with Crippen molar-refractivity contribution < 1.29 is 72.7 Å². The molecule has 8 unspecified atom stereocenters. The molecule has 10 rings (SSSR count). The molecule has 3 saturated heterocycles. The van der Waals surface area contributed by atoms with Crippen LogP contribution in [0.1, 0.15) is 144 Å². The Balaban J connectivity index is 1.05. The van der Waals surface area contributed by atoms with E-state index in [2.05, 4.69) is 23.1 Å². The average molecular weight is 1140 g/mol. The van der Waals surface area contributed by atoms with Gasteiger partial charge in [0.2, 0.25) is 0 Å². The zero-order valence-electron chi connectivity index (χ0n) is 42.9. The van der Waals surface area contributed by atoms with E-state index in [-0.39, 0.29) is 64.3 Å². The molecule has 19 heteroatoms. The van der Waals surface area contributed by atoms with Gasteiger partial charge in [0.15, 0.2) is 0 Å². The molecule has 392 valence electrons. The third-order valence-corrected chi connectivity index (χ3v) is 19.0. The van der Waals surface area contributed by atoms with Gasteiger partial charge >= 0.3 is 352 Å². The molecule has 1 aliphatic carbocycles. The monoisotopic (exact) mass is 1140 g/mol. The van der Waals surface area contributed by atoms with Crippen molar-refractivity contribution >= 4 is 25.5 Å². The first-order valence-electron chi connectivity index (χ1n) is 25.5. The fourth-order valence-electron chi connectivity index (χ4n) is 12.1. The Hall–Kier alpha value is -5.26. The third kappa shape index (κ3) is 9.56. The summed E-state index contributed by atoms with van der Waals surface area (Å²) in [5.74, 6) is 0.846. The first kappa shape index (κ1) is 52.2. The number of rotatable bonds is 15. The number of phosphoric ester groups is 1. The SMILES string of the molecule is C[I-]CCC1(OC2C(N3CCCC3=O)c3cc(C#N)ccc3OC2(C)C)CC1COP(=O)(OC1C(N2CCCC2=O)c2cc(C#N)ccc2OC1(C)C)OC1C(N2CCCC2=O)c2cc(C#N)ccc2OC1(C)C. The maximum atomic E-state index is 16.6. The van der Waals surface area contributed by atoms with Gasteiger partial charge in [0.05, 0.1) is 23.3 Å². The van der Waals surface area contributed by atoms with Crippen LogP contribution in [-0.2, 0) is 37.3 Å². The zero-order valence-corrected chi connectivity index (χ0v) is 46.0. The first-order chi connectivity index (χ1) is 35.2. The van der Waals surface area contributed by atoms with E-state index < -0.39 is 66.7 Å². The molecule has 0 radical (unpaired) electrons. The van der Waals surface area contributed by atoms with Gasteiger partial charge in [-0.2, -0.15) is 10.5 Å². The van der Waals surface area contributed by atoms with E-state index in [1.54, 1.807) is 92.1 Å². The molecular formula is C55H63IN6O11P-. The molecule has 3 amide bonds. The van der Waals surface area contributed by atoms with Crippen molar-refractivity contribution in [3.05, 3.63) is 88.0 Å². The van der Waals surface area contributed by atoms with E-state index in [1.807, 2.05) is 18.7 Å². The first-order valence-corrected chi connectivity index (χ1v) is 30.7. The normalized spacial score (nSPS) is 29.9. The van der Waals surface area contributed by atoms with Gasteiger partial charge in [0, 0.05) is 12.8 Å². The number of halogens is 1. The van der Waals surface area contributed by atoms with Crippen LogP contribution in [0.3, 0.4) is 0 Å². The van der Waals surface area contributed by atoms with Gasteiger partial charge in [-0.3, -0.25) is 9.59 Å². The van der Waals surface area contributed by atoms with Gasteiger partial charge in [-0.25, -0.2) is 0 Å². The van der Waals surface area contributed by atoms with Crippen LogP contribution in [0, 0.1) is 39.9 Å². The van der Waals surface area contributed by atoms with Crippen LogP contribution in [0.5, 0.6) is 17.2 Å². The summed E-state index contributed by atoms with van der Waals surface area (Å²) in [6.07, 6.45) is 0.903. The summed E-state index contributed by atoms with van der Waals surface area (Å²) < 4.78 is 65.7. The maximum absolute atomic E-state index is 16.6. The van der Waals surface area contributed by atoms with E-state index in [1.165, 1.54) is 0 Å². The number of nitrogens with zero attached hydrogens (tertiary/aromatic N) is 6. The fraction of sp³-hybridized carbons (Fsp3) is 0.564. The number of fused-ring (bicyclic) bond motifs is 3. The Morgan fingerprint density at radius 3 is 1.35 bits per heavy atom. The minimum absolute atomic E-state index is 0.000883. The van der Waals surface area contributed by atoms with E-state index in [0.29, 0.717) is 109 Å². The molecule has 0 N–H and O–H groups in total. The molecule has 8 atom stereocenters. The predicted octanol–water partition coefficient (Wildman–Crippen LogP) is 5.35. The molecule has 6 aliphatic heterocycles. The van der Waals surface area contributed by atoms with Crippen molar-refractivity contribution in [3.8, 4) is 35.5 Å².